The number of carbonyl (C=O) groups is 2. The molecule has 0 aliphatic heterocycles. The molecule has 3 aromatic rings. The number of hydrogen-bond donors (Lipinski definition) is 2. The molecule has 0 bridgehead atoms. The number of rotatable bonds is 5. The summed E-state index contributed by atoms with van der Waals surface area (Å²) in [6.45, 7) is 0. The van der Waals surface area contributed by atoms with Crippen LogP contribution in [0.5, 0.6) is 0 Å². The van der Waals surface area contributed by atoms with E-state index in [0.717, 1.165) is 18.9 Å². The van der Waals surface area contributed by atoms with E-state index in [2.05, 4.69) is 20.7 Å². The van der Waals surface area contributed by atoms with Crippen molar-refractivity contribution in [2.24, 2.45) is 0 Å². The molecule has 2 heterocycles. The van der Waals surface area contributed by atoms with Crippen LogP contribution in [0, 0.1) is 5.82 Å². The molecule has 1 aliphatic rings. The van der Waals surface area contributed by atoms with Crippen molar-refractivity contribution in [3.05, 3.63) is 52.1 Å². The molecule has 2 aromatic heterocycles. The van der Waals surface area contributed by atoms with E-state index in [1.54, 1.807) is 17.1 Å². The summed E-state index contributed by atoms with van der Waals surface area (Å²) in [7, 11) is 1.53. The van der Waals surface area contributed by atoms with E-state index < -0.39 is 11.7 Å². The molecule has 0 radical (unpaired) electrons. The first kappa shape index (κ1) is 18.6. The zero-order valence-electron chi connectivity index (χ0n) is 14.7. The molecule has 0 saturated heterocycles. The standard InChI is InChI=1S/C18H15ClFN5O2S/c1-21-17(27)18-22-7-15(28-18)25-8-9(6-23-25)11-4-12(14(20)5-13(11)19)16(26)24-10-2-3-10/h4-8,10H,2-3H2,1H3,(H,21,27)(H,24,26). The Balaban J connectivity index is 1.65. The molecule has 2 N–H and O–H groups in total. The van der Waals surface area contributed by atoms with Gasteiger partial charge in [-0.2, -0.15) is 5.10 Å². The maximum atomic E-state index is 14.2. The van der Waals surface area contributed by atoms with Crippen molar-refractivity contribution in [2.45, 2.75) is 18.9 Å². The largest absolute Gasteiger partial charge is 0.353 e. The van der Waals surface area contributed by atoms with Gasteiger partial charge < -0.3 is 10.6 Å². The van der Waals surface area contributed by atoms with Crippen molar-refractivity contribution in [3.63, 3.8) is 0 Å². The first-order chi connectivity index (χ1) is 13.5. The highest BCUT2D eigenvalue weighted by Crippen LogP contribution is 2.32. The van der Waals surface area contributed by atoms with Crippen molar-refractivity contribution < 1.29 is 14.0 Å². The molecule has 28 heavy (non-hydrogen) atoms. The van der Waals surface area contributed by atoms with Crippen molar-refractivity contribution in [2.75, 3.05) is 7.05 Å². The maximum Gasteiger partial charge on any atom is 0.280 e. The Hall–Kier alpha value is -2.78. The summed E-state index contributed by atoms with van der Waals surface area (Å²) < 4.78 is 15.8. The van der Waals surface area contributed by atoms with Gasteiger partial charge in [-0.1, -0.05) is 22.9 Å². The summed E-state index contributed by atoms with van der Waals surface area (Å²) >= 11 is 7.38. The van der Waals surface area contributed by atoms with E-state index in [0.29, 0.717) is 21.1 Å². The Morgan fingerprint density at radius 2 is 2.07 bits per heavy atom. The number of amides is 2. The monoisotopic (exact) mass is 419 g/mol. The molecule has 0 atom stereocenters. The molecule has 1 saturated carbocycles. The lowest BCUT2D eigenvalue weighted by atomic mass is 10.0. The molecule has 1 fully saturated rings. The van der Waals surface area contributed by atoms with Gasteiger partial charge in [-0.05, 0) is 25.0 Å². The van der Waals surface area contributed by atoms with Crippen LogP contribution >= 0.6 is 22.9 Å². The fraction of sp³-hybridized carbons (Fsp3) is 0.222. The van der Waals surface area contributed by atoms with Gasteiger partial charge in [0.05, 0.1) is 23.0 Å². The van der Waals surface area contributed by atoms with Crippen LogP contribution in [-0.4, -0.2) is 39.7 Å². The van der Waals surface area contributed by atoms with Crippen LogP contribution in [0.2, 0.25) is 5.02 Å². The van der Waals surface area contributed by atoms with E-state index in [4.69, 9.17) is 11.6 Å². The number of aromatic nitrogens is 3. The fourth-order valence-electron chi connectivity index (χ4n) is 2.60. The van der Waals surface area contributed by atoms with Crippen LogP contribution in [0.3, 0.4) is 0 Å². The Bertz CT molecular complexity index is 1080. The molecule has 4 rings (SSSR count). The first-order valence-corrected chi connectivity index (χ1v) is 9.69. The predicted molar refractivity (Wildman–Crippen MR) is 104 cm³/mol. The van der Waals surface area contributed by atoms with E-state index in [1.165, 1.54) is 30.6 Å². The third-order valence-corrected chi connectivity index (χ3v) is 5.55. The SMILES string of the molecule is CNC(=O)c1ncc(-n2cc(-c3cc(C(=O)NC4CC4)c(F)cc3Cl)cn2)s1. The minimum absolute atomic E-state index is 0.0567. The van der Waals surface area contributed by atoms with Crippen molar-refractivity contribution >= 4 is 34.8 Å². The maximum absolute atomic E-state index is 14.2. The summed E-state index contributed by atoms with van der Waals surface area (Å²) in [5.41, 5.74) is 1.05. The summed E-state index contributed by atoms with van der Waals surface area (Å²) in [5.74, 6) is -1.41. The summed E-state index contributed by atoms with van der Waals surface area (Å²) in [6.07, 6.45) is 6.59. The lowest BCUT2D eigenvalue weighted by molar-refractivity contribution is 0.0943. The highest BCUT2D eigenvalue weighted by atomic mass is 35.5. The average molecular weight is 420 g/mol. The van der Waals surface area contributed by atoms with E-state index in [9.17, 15) is 14.0 Å². The Morgan fingerprint density at radius 3 is 2.79 bits per heavy atom. The second-order valence-electron chi connectivity index (χ2n) is 6.32. The third kappa shape index (κ3) is 3.63. The van der Waals surface area contributed by atoms with Crippen LogP contribution in [0.4, 0.5) is 4.39 Å². The molecule has 1 aliphatic carbocycles. The second kappa shape index (κ2) is 7.33. The topological polar surface area (TPSA) is 88.9 Å². The first-order valence-electron chi connectivity index (χ1n) is 8.49. The van der Waals surface area contributed by atoms with Gasteiger partial charge in [-0.15, -0.1) is 0 Å². The van der Waals surface area contributed by atoms with E-state index in [-0.39, 0.29) is 22.5 Å². The summed E-state index contributed by atoms with van der Waals surface area (Å²) in [4.78, 5) is 28.0. The van der Waals surface area contributed by atoms with Crippen LogP contribution in [0.1, 0.15) is 33.0 Å². The molecular formula is C18H15ClFN5O2S. The number of carbonyl (C=O) groups excluding carboxylic acids is 2. The van der Waals surface area contributed by atoms with E-state index in [1.807, 2.05) is 0 Å². The predicted octanol–water partition coefficient (Wildman–Crippen LogP) is 3.04. The third-order valence-electron chi connectivity index (χ3n) is 4.25. The van der Waals surface area contributed by atoms with Crippen LogP contribution in [0.15, 0.2) is 30.7 Å². The minimum atomic E-state index is -0.669. The average Bonchev–Trinajstić information content (AvgIpc) is 3.16. The van der Waals surface area contributed by atoms with Gasteiger partial charge in [0.25, 0.3) is 11.8 Å². The van der Waals surface area contributed by atoms with Gasteiger partial charge in [0, 0.05) is 30.4 Å². The zero-order valence-corrected chi connectivity index (χ0v) is 16.3. The number of nitrogens with one attached hydrogen (secondary N) is 2. The van der Waals surface area contributed by atoms with Crippen LogP contribution in [-0.2, 0) is 0 Å². The lowest BCUT2D eigenvalue weighted by Gasteiger charge is -2.08. The van der Waals surface area contributed by atoms with Crippen molar-refractivity contribution in [1.82, 2.24) is 25.4 Å². The van der Waals surface area contributed by atoms with Gasteiger partial charge in [-0.25, -0.2) is 14.1 Å². The molecule has 144 valence electrons. The van der Waals surface area contributed by atoms with Gasteiger partial charge in [-0.3, -0.25) is 9.59 Å². The molecule has 10 heteroatoms. The second-order valence-corrected chi connectivity index (χ2v) is 7.73. The highest BCUT2D eigenvalue weighted by Gasteiger charge is 2.26. The van der Waals surface area contributed by atoms with Gasteiger partial charge in [0.1, 0.15) is 10.8 Å². The zero-order chi connectivity index (χ0) is 19.8. The highest BCUT2D eigenvalue weighted by molar-refractivity contribution is 7.16. The molecule has 2 amide bonds. The Morgan fingerprint density at radius 1 is 1.29 bits per heavy atom. The van der Waals surface area contributed by atoms with Crippen LogP contribution < -0.4 is 10.6 Å². The van der Waals surface area contributed by atoms with Gasteiger partial charge in [0.15, 0.2) is 5.01 Å². The molecule has 7 nitrogen and oxygen atoms in total. The number of thiazole rings is 1. The van der Waals surface area contributed by atoms with Crippen molar-refractivity contribution in [3.8, 4) is 16.1 Å². The lowest BCUT2D eigenvalue weighted by Crippen LogP contribution is -2.26. The van der Waals surface area contributed by atoms with Crippen LogP contribution in [0.25, 0.3) is 16.1 Å². The van der Waals surface area contributed by atoms with Gasteiger partial charge >= 0.3 is 0 Å². The number of hydrogen-bond acceptors (Lipinski definition) is 5. The number of nitrogens with zero attached hydrogens (tertiary/aromatic N) is 3. The summed E-state index contributed by atoms with van der Waals surface area (Å²) in [5, 5.41) is 10.7. The molecule has 0 spiro atoms. The normalized spacial score (nSPS) is 13.4. The molecule has 1 aromatic carbocycles. The Kier molecular flexibility index (Phi) is 4.86. The van der Waals surface area contributed by atoms with Gasteiger partial charge in [0.2, 0.25) is 0 Å². The smallest absolute Gasteiger partial charge is 0.280 e. The fourth-order valence-corrected chi connectivity index (χ4v) is 3.66. The number of halogens is 2. The van der Waals surface area contributed by atoms with E-state index >= 15 is 0 Å². The Labute approximate surface area is 168 Å². The molecular weight excluding hydrogens is 405 g/mol. The van der Waals surface area contributed by atoms with Crippen molar-refractivity contribution in [1.29, 1.82) is 0 Å². The summed E-state index contributed by atoms with van der Waals surface area (Å²) in [6, 6.07) is 2.68. The molecule has 0 unspecified atom stereocenters. The minimum Gasteiger partial charge on any atom is -0.353 e. The number of benzene rings is 1. The quantitative estimate of drug-likeness (QED) is 0.665.